The monoisotopic (exact) mass is 913 g/mol. The predicted octanol–water partition coefficient (Wildman–Crippen LogP) is 17.7. The zero-order chi connectivity index (χ0) is 47.9. The Kier molecular flexibility index (Phi) is 50.0. The second-order valence-electron chi connectivity index (χ2n) is 17.2. The minimum Gasteiger partial charge on any atom is -0.462 e. The van der Waals surface area contributed by atoms with Crippen LogP contribution in [0.2, 0.25) is 0 Å². The van der Waals surface area contributed by atoms with E-state index < -0.39 is 6.10 Å². The van der Waals surface area contributed by atoms with Gasteiger partial charge in [-0.2, -0.15) is 0 Å². The number of hydrogen-bond acceptors (Lipinski definition) is 6. The predicted molar refractivity (Wildman–Crippen MR) is 283 cm³/mol. The minimum atomic E-state index is -0.815. The molecule has 0 heterocycles. The third kappa shape index (κ3) is 50.8. The van der Waals surface area contributed by atoms with Gasteiger partial charge in [-0.3, -0.25) is 14.4 Å². The van der Waals surface area contributed by atoms with Crippen LogP contribution in [0.25, 0.3) is 0 Å². The molecule has 6 nitrogen and oxygen atoms in total. The van der Waals surface area contributed by atoms with Crippen molar-refractivity contribution >= 4 is 17.9 Å². The fourth-order valence-electron chi connectivity index (χ4n) is 6.93. The number of esters is 3. The first-order valence-corrected chi connectivity index (χ1v) is 26.6. The highest BCUT2D eigenvalue weighted by molar-refractivity contribution is 5.71. The second-order valence-corrected chi connectivity index (χ2v) is 17.2. The average Bonchev–Trinajstić information content (AvgIpc) is 3.31. The summed E-state index contributed by atoms with van der Waals surface area (Å²) in [6, 6.07) is 0. The van der Waals surface area contributed by atoms with Crippen molar-refractivity contribution in [2.45, 2.75) is 226 Å². The van der Waals surface area contributed by atoms with Gasteiger partial charge in [-0.15, -0.1) is 0 Å². The van der Waals surface area contributed by atoms with Crippen molar-refractivity contribution < 1.29 is 28.6 Å². The van der Waals surface area contributed by atoms with Gasteiger partial charge in [-0.05, 0) is 77.0 Å². The average molecular weight is 913 g/mol. The first-order valence-electron chi connectivity index (χ1n) is 26.6. The molecule has 0 bridgehead atoms. The second kappa shape index (κ2) is 53.4. The van der Waals surface area contributed by atoms with E-state index in [1.807, 2.05) is 60.8 Å². The normalized spacial score (nSPS) is 13.1. The Morgan fingerprint density at radius 1 is 0.333 bits per heavy atom. The quantitative estimate of drug-likeness (QED) is 0.0199. The maximum Gasteiger partial charge on any atom is 0.306 e. The number of rotatable bonds is 46. The van der Waals surface area contributed by atoms with Gasteiger partial charge in [-0.25, -0.2) is 0 Å². The van der Waals surface area contributed by atoms with Gasteiger partial charge >= 0.3 is 17.9 Å². The van der Waals surface area contributed by atoms with Crippen molar-refractivity contribution in [1.82, 2.24) is 0 Å². The molecular formula is C60H96O6. The van der Waals surface area contributed by atoms with Crippen LogP contribution in [0, 0.1) is 0 Å². The standard InChI is InChI=1S/C60H96O6/c1-4-7-10-13-16-19-22-25-28-30-33-35-38-41-44-47-50-53-59(62)65-56-57(55-64-58(61)52-49-46-43-40-37-34-31-27-24-21-18-15-12-9-6-3)66-60(63)54-51-48-45-42-39-36-32-29-26-23-20-17-14-11-8-5-2/h7-8,10-11,13,16-17,19-20,22,25-26,28-30,33,35-36,38-39,57H,4-6,9,12,14-15,18,21,23-24,27,31-32,34,37,40-56H2,1-3H3/b10-7-,11-8-,16-13-,20-17-,22-19-,28-25-,29-26-,33-30+,38-35-,39-36-. The fraction of sp³-hybridized carbons (Fsp3) is 0.617. The van der Waals surface area contributed by atoms with Crippen LogP contribution in [0.1, 0.15) is 220 Å². The molecule has 1 atom stereocenters. The molecule has 66 heavy (non-hydrogen) atoms. The van der Waals surface area contributed by atoms with Crippen LogP contribution in [0.5, 0.6) is 0 Å². The lowest BCUT2D eigenvalue weighted by molar-refractivity contribution is -0.167. The zero-order valence-electron chi connectivity index (χ0n) is 42.4. The Morgan fingerprint density at radius 2 is 0.667 bits per heavy atom. The van der Waals surface area contributed by atoms with E-state index in [0.717, 1.165) is 96.3 Å². The largest absolute Gasteiger partial charge is 0.462 e. The molecule has 0 aliphatic rings. The van der Waals surface area contributed by atoms with E-state index >= 15 is 0 Å². The Balaban J connectivity index is 4.55. The van der Waals surface area contributed by atoms with Gasteiger partial charge in [0.25, 0.3) is 0 Å². The van der Waals surface area contributed by atoms with Gasteiger partial charge in [0.2, 0.25) is 0 Å². The molecule has 6 heteroatoms. The van der Waals surface area contributed by atoms with Crippen molar-refractivity contribution in [1.29, 1.82) is 0 Å². The summed E-state index contributed by atoms with van der Waals surface area (Å²) in [5, 5.41) is 0. The van der Waals surface area contributed by atoms with Crippen LogP contribution < -0.4 is 0 Å². The molecule has 0 fully saturated rings. The summed E-state index contributed by atoms with van der Waals surface area (Å²) >= 11 is 0. The SMILES string of the molecule is CC\C=C/C=C\C=C/C=C\C=C\C=C/CCCCCC(=O)OCC(COC(=O)CCCCCCCCCCCCCCCCC)OC(=O)CCCCC/C=C\C/C=C\C/C=C\C/C=C\CC. The van der Waals surface area contributed by atoms with Crippen molar-refractivity contribution in [2.24, 2.45) is 0 Å². The molecule has 372 valence electrons. The van der Waals surface area contributed by atoms with Crippen LogP contribution in [0.3, 0.4) is 0 Å². The van der Waals surface area contributed by atoms with Crippen molar-refractivity contribution in [3.63, 3.8) is 0 Å². The molecule has 1 unspecified atom stereocenters. The van der Waals surface area contributed by atoms with E-state index in [1.54, 1.807) is 0 Å². The highest BCUT2D eigenvalue weighted by Crippen LogP contribution is 2.15. The van der Waals surface area contributed by atoms with Crippen molar-refractivity contribution in [3.8, 4) is 0 Å². The summed E-state index contributed by atoms with van der Waals surface area (Å²) in [5.74, 6) is -0.988. The lowest BCUT2D eigenvalue weighted by atomic mass is 10.0. The maximum atomic E-state index is 12.8. The van der Waals surface area contributed by atoms with Crippen LogP contribution in [0.15, 0.2) is 122 Å². The van der Waals surface area contributed by atoms with Gasteiger partial charge in [0.1, 0.15) is 13.2 Å². The van der Waals surface area contributed by atoms with Crippen molar-refractivity contribution in [2.75, 3.05) is 13.2 Å². The highest BCUT2D eigenvalue weighted by Gasteiger charge is 2.19. The topological polar surface area (TPSA) is 78.9 Å². The fourth-order valence-corrected chi connectivity index (χ4v) is 6.93. The number of hydrogen-bond donors (Lipinski definition) is 0. The number of unbranched alkanes of at least 4 members (excludes halogenated alkanes) is 20. The molecule has 0 aliphatic carbocycles. The summed E-state index contributed by atoms with van der Waals surface area (Å²) in [7, 11) is 0. The first kappa shape index (κ1) is 61.8. The molecule has 0 aromatic heterocycles. The molecule has 0 spiro atoms. The summed E-state index contributed by atoms with van der Waals surface area (Å²) < 4.78 is 16.8. The lowest BCUT2D eigenvalue weighted by Gasteiger charge is -2.18. The van der Waals surface area contributed by atoms with E-state index in [1.165, 1.54) is 77.0 Å². The van der Waals surface area contributed by atoms with Crippen LogP contribution in [-0.4, -0.2) is 37.2 Å². The summed E-state index contributed by atoms with van der Waals surface area (Å²) in [4.78, 5) is 38.1. The molecule has 0 rings (SSSR count). The lowest BCUT2D eigenvalue weighted by Crippen LogP contribution is -2.30. The van der Waals surface area contributed by atoms with Gasteiger partial charge < -0.3 is 14.2 Å². The number of carbonyl (C=O) groups is 3. The molecule has 0 N–H and O–H groups in total. The van der Waals surface area contributed by atoms with Crippen LogP contribution in [-0.2, 0) is 28.6 Å². The van der Waals surface area contributed by atoms with Crippen LogP contribution >= 0.6 is 0 Å². The Bertz CT molecular complexity index is 1420. The van der Waals surface area contributed by atoms with E-state index in [9.17, 15) is 14.4 Å². The minimum absolute atomic E-state index is 0.107. The third-order valence-electron chi connectivity index (χ3n) is 10.9. The van der Waals surface area contributed by atoms with Crippen LogP contribution in [0.4, 0.5) is 0 Å². The first-order chi connectivity index (χ1) is 32.5. The smallest absolute Gasteiger partial charge is 0.306 e. The van der Waals surface area contributed by atoms with E-state index in [0.29, 0.717) is 19.3 Å². The Labute approximate surface area is 405 Å². The molecule has 0 saturated carbocycles. The highest BCUT2D eigenvalue weighted by atomic mass is 16.6. The number of allylic oxidation sites excluding steroid dienone is 20. The number of carbonyl (C=O) groups excluding carboxylic acids is 3. The van der Waals surface area contributed by atoms with Gasteiger partial charge in [-0.1, -0.05) is 245 Å². The van der Waals surface area contributed by atoms with Gasteiger partial charge in [0.05, 0.1) is 0 Å². The molecule has 0 aromatic rings. The molecule has 0 saturated heterocycles. The van der Waals surface area contributed by atoms with E-state index in [4.69, 9.17) is 14.2 Å². The number of ether oxygens (including phenoxy) is 3. The molecule has 0 amide bonds. The summed E-state index contributed by atoms with van der Waals surface area (Å²) in [6.07, 6.45) is 73.2. The summed E-state index contributed by atoms with van der Waals surface area (Å²) in [6.45, 7) is 6.31. The molecular weight excluding hydrogens is 817 g/mol. The molecule has 0 aromatic carbocycles. The molecule has 0 aliphatic heterocycles. The summed E-state index contributed by atoms with van der Waals surface area (Å²) in [5.41, 5.74) is 0. The molecule has 0 radical (unpaired) electrons. The zero-order valence-corrected chi connectivity index (χ0v) is 42.4. The Morgan fingerprint density at radius 3 is 1.11 bits per heavy atom. The van der Waals surface area contributed by atoms with Crippen molar-refractivity contribution in [3.05, 3.63) is 122 Å². The van der Waals surface area contributed by atoms with Gasteiger partial charge in [0.15, 0.2) is 6.10 Å². The van der Waals surface area contributed by atoms with E-state index in [-0.39, 0.29) is 37.5 Å². The Hall–Kier alpha value is -4.19. The van der Waals surface area contributed by atoms with Gasteiger partial charge in [0, 0.05) is 19.3 Å². The third-order valence-corrected chi connectivity index (χ3v) is 10.9. The van der Waals surface area contributed by atoms with E-state index in [2.05, 4.69) is 81.5 Å². The maximum absolute atomic E-state index is 12.8.